The number of benzene rings is 2. The highest BCUT2D eigenvalue weighted by Crippen LogP contribution is 2.27. The van der Waals surface area contributed by atoms with E-state index in [1.165, 1.54) is 36.4 Å². The monoisotopic (exact) mass is 265 g/mol. The topological polar surface area (TPSA) is 12.0 Å². The van der Waals surface area contributed by atoms with Crippen molar-refractivity contribution in [2.75, 3.05) is 6.54 Å². The van der Waals surface area contributed by atoms with Crippen molar-refractivity contribution in [3.05, 3.63) is 71.0 Å². The quantitative estimate of drug-likeness (QED) is 0.886. The van der Waals surface area contributed by atoms with Crippen LogP contribution in [0.3, 0.4) is 0 Å². The second-order valence-corrected chi connectivity index (χ2v) is 4.18. The van der Waals surface area contributed by atoms with E-state index in [0.29, 0.717) is 12.1 Å². The van der Waals surface area contributed by atoms with Crippen LogP contribution in [0.1, 0.15) is 24.1 Å². The summed E-state index contributed by atoms with van der Waals surface area (Å²) in [7, 11) is 0. The summed E-state index contributed by atoms with van der Waals surface area (Å²) in [5, 5.41) is 2.98. The summed E-state index contributed by atoms with van der Waals surface area (Å²) in [4.78, 5) is 0. The van der Waals surface area contributed by atoms with Gasteiger partial charge in [-0.15, -0.1) is 0 Å². The van der Waals surface area contributed by atoms with E-state index >= 15 is 0 Å². The van der Waals surface area contributed by atoms with Crippen LogP contribution in [0.5, 0.6) is 0 Å². The highest BCUT2D eigenvalue weighted by atomic mass is 19.1. The molecule has 1 nitrogen and oxygen atoms in total. The van der Waals surface area contributed by atoms with Gasteiger partial charge in [0.1, 0.15) is 17.5 Å². The maximum absolute atomic E-state index is 13.8. The zero-order valence-electron chi connectivity index (χ0n) is 10.5. The number of hydrogen-bond acceptors (Lipinski definition) is 1. The molecule has 0 saturated carbocycles. The van der Waals surface area contributed by atoms with Gasteiger partial charge in [0.2, 0.25) is 0 Å². The molecule has 0 radical (unpaired) electrons. The molecule has 100 valence electrons. The zero-order valence-corrected chi connectivity index (χ0v) is 10.5. The molecule has 1 unspecified atom stereocenters. The Balaban J connectivity index is 2.51. The van der Waals surface area contributed by atoms with Crippen molar-refractivity contribution in [1.82, 2.24) is 5.32 Å². The van der Waals surface area contributed by atoms with Crippen LogP contribution in [0.4, 0.5) is 13.2 Å². The van der Waals surface area contributed by atoms with Crippen LogP contribution in [-0.4, -0.2) is 6.54 Å². The fraction of sp³-hybridized carbons (Fsp3) is 0.200. The minimum Gasteiger partial charge on any atom is -0.306 e. The average Bonchev–Trinajstić information content (AvgIpc) is 2.37. The molecule has 0 saturated heterocycles. The van der Waals surface area contributed by atoms with Gasteiger partial charge in [-0.25, -0.2) is 13.2 Å². The molecule has 0 fully saturated rings. The Morgan fingerprint density at radius 2 is 1.63 bits per heavy atom. The minimum atomic E-state index is -0.707. The van der Waals surface area contributed by atoms with Gasteiger partial charge >= 0.3 is 0 Å². The Hall–Kier alpha value is -1.81. The molecule has 0 spiro atoms. The predicted octanol–water partition coefficient (Wildman–Crippen LogP) is 3.80. The van der Waals surface area contributed by atoms with Gasteiger partial charge in [-0.05, 0) is 36.4 Å². The van der Waals surface area contributed by atoms with Crippen molar-refractivity contribution in [3.8, 4) is 0 Å². The van der Waals surface area contributed by atoms with Crippen LogP contribution in [0.15, 0.2) is 42.5 Å². The lowest BCUT2D eigenvalue weighted by Crippen LogP contribution is -2.24. The summed E-state index contributed by atoms with van der Waals surface area (Å²) in [6.07, 6.45) is 0. The van der Waals surface area contributed by atoms with Gasteiger partial charge in [-0.2, -0.15) is 0 Å². The number of nitrogens with one attached hydrogen (secondary N) is 1. The maximum Gasteiger partial charge on any atom is 0.131 e. The smallest absolute Gasteiger partial charge is 0.131 e. The zero-order chi connectivity index (χ0) is 13.8. The summed E-state index contributed by atoms with van der Waals surface area (Å²) >= 11 is 0. The molecule has 1 N–H and O–H groups in total. The van der Waals surface area contributed by atoms with Gasteiger partial charge in [-0.1, -0.05) is 25.1 Å². The third-order valence-corrected chi connectivity index (χ3v) is 2.88. The van der Waals surface area contributed by atoms with E-state index in [1.54, 1.807) is 6.07 Å². The third kappa shape index (κ3) is 2.96. The Bertz CT molecular complexity index is 549. The van der Waals surface area contributed by atoms with Gasteiger partial charge in [0.15, 0.2) is 0 Å². The van der Waals surface area contributed by atoms with Gasteiger partial charge in [-0.3, -0.25) is 0 Å². The molecule has 2 rings (SSSR count). The van der Waals surface area contributed by atoms with E-state index in [2.05, 4.69) is 5.32 Å². The number of hydrogen-bond donors (Lipinski definition) is 1. The third-order valence-electron chi connectivity index (χ3n) is 2.88. The summed E-state index contributed by atoms with van der Waals surface area (Å²) in [5.74, 6) is -1.72. The van der Waals surface area contributed by atoms with E-state index in [1.807, 2.05) is 6.92 Å². The van der Waals surface area contributed by atoms with Gasteiger partial charge in [0, 0.05) is 5.56 Å². The molecule has 0 aliphatic heterocycles. The van der Waals surface area contributed by atoms with Gasteiger partial charge < -0.3 is 5.32 Å². The summed E-state index contributed by atoms with van der Waals surface area (Å²) in [6.45, 7) is 2.33. The van der Waals surface area contributed by atoms with E-state index in [9.17, 15) is 13.2 Å². The molecule has 4 heteroatoms. The first-order chi connectivity index (χ1) is 9.13. The molecule has 0 amide bonds. The second-order valence-electron chi connectivity index (χ2n) is 4.18. The highest BCUT2D eigenvalue weighted by Gasteiger charge is 2.21. The summed E-state index contributed by atoms with van der Waals surface area (Å²) in [5.41, 5.74) is 0.404. The molecular weight excluding hydrogens is 251 g/mol. The fourth-order valence-corrected chi connectivity index (χ4v) is 2.06. The Labute approximate surface area is 110 Å². The Morgan fingerprint density at radius 3 is 2.21 bits per heavy atom. The molecule has 0 aliphatic carbocycles. The maximum atomic E-state index is 13.8. The van der Waals surface area contributed by atoms with Crippen LogP contribution >= 0.6 is 0 Å². The van der Waals surface area contributed by atoms with Crippen molar-refractivity contribution in [2.45, 2.75) is 13.0 Å². The largest absolute Gasteiger partial charge is 0.306 e. The van der Waals surface area contributed by atoms with Crippen molar-refractivity contribution in [1.29, 1.82) is 0 Å². The fourth-order valence-electron chi connectivity index (χ4n) is 2.06. The molecule has 2 aromatic carbocycles. The van der Waals surface area contributed by atoms with E-state index in [4.69, 9.17) is 0 Å². The van der Waals surface area contributed by atoms with E-state index in [0.717, 1.165) is 0 Å². The number of halogens is 3. The Morgan fingerprint density at radius 1 is 1.00 bits per heavy atom. The molecule has 0 bridgehead atoms. The summed E-state index contributed by atoms with van der Waals surface area (Å²) in [6, 6.07) is 8.73. The molecular formula is C15H14F3N. The van der Waals surface area contributed by atoms with Crippen LogP contribution in [0, 0.1) is 17.5 Å². The van der Waals surface area contributed by atoms with Crippen molar-refractivity contribution < 1.29 is 13.2 Å². The minimum absolute atomic E-state index is 0.0880. The highest BCUT2D eigenvalue weighted by molar-refractivity contribution is 5.34. The van der Waals surface area contributed by atoms with Crippen LogP contribution in [0.2, 0.25) is 0 Å². The summed E-state index contributed by atoms with van der Waals surface area (Å²) < 4.78 is 40.9. The Kier molecular flexibility index (Phi) is 4.22. The number of rotatable bonds is 4. The van der Waals surface area contributed by atoms with Gasteiger partial charge in [0.25, 0.3) is 0 Å². The molecule has 1 atom stereocenters. The van der Waals surface area contributed by atoms with Crippen molar-refractivity contribution in [2.24, 2.45) is 0 Å². The van der Waals surface area contributed by atoms with Gasteiger partial charge in [0.05, 0.1) is 6.04 Å². The van der Waals surface area contributed by atoms with Crippen molar-refractivity contribution in [3.63, 3.8) is 0 Å². The first kappa shape index (κ1) is 13.6. The molecule has 19 heavy (non-hydrogen) atoms. The average molecular weight is 265 g/mol. The van der Waals surface area contributed by atoms with Crippen LogP contribution in [-0.2, 0) is 0 Å². The normalized spacial score (nSPS) is 12.4. The van der Waals surface area contributed by atoms with Crippen molar-refractivity contribution >= 4 is 0 Å². The first-order valence-corrected chi connectivity index (χ1v) is 6.06. The van der Waals surface area contributed by atoms with E-state index < -0.39 is 23.5 Å². The lowest BCUT2D eigenvalue weighted by molar-refractivity contribution is 0.508. The molecule has 0 heterocycles. The van der Waals surface area contributed by atoms with Crippen LogP contribution < -0.4 is 5.32 Å². The standard InChI is InChI=1S/C15H14F3N/c1-2-19-15(10-5-3-6-11(16)9-10)14-12(17)7-4-8-13(14)18/h3-9,15,19H,2H2,1H3. The molecule has 2 aromatic rings. The molecule has 0 aromatic heterocycles. The van der Waals surface area contributed by atoms with Crippen LogP contribution in [0.25, 0.3) is 0 Å². The SMILES string of the molecule is CCNC(c1cccc(F)c1)c1c(F)cccc1F. The second kappa shape index (κ2) is 5.89. The first-order valence-electron chi connectivity index (χ1n) is 6.06. The lowest BCUT2D eigenvalue weighted by Gasteiger charge is -2.20. The predicted molar refractivity (Wildman–Crippen MR) is 68.3 cm³/mol. The van der Waals surface area contributed by atoms with E-state index in [-0.39, 0.29) is 5.56 Å². The lowest BCUT2D eigenvalue weighted by atomic mass is 9.97. The molecule has 0 aliphatic rings.